The molecular weight excluding hydrogens is 386 g/mol. The zero-order valence-corrected chi connectivity index (χ0v) is 18.0. The van der Waals surface area contributed by atoms with Gasteiger partial charge in [-0.1, -0.05) is 48.0 Å². The molecule has 1 aliphatic rings. The summed E-state index contributed by atoms with van der Waals surface area (Å²) in [7, 11) is 0. The first-order valence-corrected chi connectivity index (χ1v) is 10.9. The summed E-state index contributed by atoms with van der Waals surface area (Å²) in [6, 6.07) is 25.9. The van der Waals surface area contributed by atoms with Gasteiger partial charge < -0.3 is 14.4 Å². The maximum atomic E-state index is 12.5. The first kappa shape index (κ1) is 21.0. The van der Waals surface area contributed by atoms with Gasteiger partial charge in [0.15, 0.2) is 6.61 Å². The third kappa shape index (κ3) is 6.11. The van der Waals surface area contributed by atoms with Gasteiger partial charge in [-0.25, -0.2) is 0 Å². The maximum absolute atomic E-state index is 12.5. The Bertz CT molecular complexity index is 960. The number of carbonyl (C=O) groups is 1. The highest BCUT2D eigenvalue weighted by Crippen LogP contribution is 2.25. The van der Waals surface area contributed by atoms with Gasteiger partial charge in [0.25, 0.3) is 5.91 Å². The summed E-state index contributed by atoms with van der Waals surface area (Å²) >= 11 is 0. The van der Waals surface area contributed by atoms with Crippen LogP contribution in [0.25, 0.3) is 0 Å². The van der Waals surface area contributed by atoms with Crippen LogP contribution in [0.2, 0.25) is 0 Å². The van der Waals surface area contributed by atoms with E-state index in [0.29, 0.717) is 11.7 Å². The summed E-state index contributed by atoms with van der Waals surface area (Å²) in [6.07, 6.45) is 3.19. The summed E-state index contributed by atoms with van der Waals surface area (Å²) < 4.78 is 11.5. The average molecular weight is 416 g/mol. The highest BCUT2D eigenvalue weighted by Gasteiger charge is 2.23. The molecule has 0 spiro atoms. The van der Waals surface area contributed by atoms with Gasteiger partial charge in [-0.05, 0) is 74.1 Å². The topological polar surface area (TPSA) is 38.8 Å². The van der Waals surface area contributed by atoms with Gasteiger partial charge in [0, 0.05) is 13.1 Å². The Kier molecular flexibility index (Phi) is 6.88. The third-order valence-electron chi connectivity index (χ3n) is 5.78. The third-order valence-corrected chi connectivity index (χ3v) is 5.78. The molecule has 1 aliphatic heterocycles. The van der Waals surface area contributed by atoms with Crippen molar-refractivity contribution >= 4 is 5.91 Å². The van der Waals surface area contributed by atoms with E-state index in [9.17, 15) is 4.79 Å². The summed E-state index contributed by atoms with van der Waals surface area (Å²) in [6.45, 7) is 3.73. The first-order chi connectivity index (χ1) is 15.2. The predicted molar refractivity (Wildman–Crippen MR) is 123 cm³/mol. The number of hydrogen-bond acceptors (Lipinski definition) is 3. The number of nitrogens with zero attached hydrogens (tertiary/aromatic N) is 1. The smallest absolute Gasteiger partial charge is 0.260 e. The van der Waals surface area contributed by atoms with Gasteiger partial charge in [-0.3, -0.25) is 4.79 Å². The second-order valence-electron chi connectivity index (χ2n) is 8.19. The molecule has 1 heterocycles. The van der Waals surface area contributed by atoms with Crippen LogP contribution in [-0.4, -0.2) is 30.5 Å². The molecule has 4 rings (SSSR count). The van der Waals surface area contributed by atoms with E-state index in [1.807, 2.05) is 60.4 Å². The van der Waals surface area contributed by atoms with Crippen molar-refractivity contribution in [2.24, 2.45) is 5.92 Å². The maximum Gasteiger partial charge on any atom is 0.260 e. The van der Waals surface area contributed by atoms with Crippen LogP contribution in [-0.2, 0) is 11.2 Å². The molecule has 0 aromatic heterocycles. The second kappa shape index (κ2) is 10.2. The van der Waals surface area contributed by atoms with Crippen LogP contribution in [0.4, 0.5) is 0 Å². The van der Waals surface area contributed by atoms with Crippen molar-refractivity contribution in [3.63, 3.8) is 0 Å². The quantitative estimate of drug-likeness (QED) is 0.501. The first-order valence-electron chi connectivity index (χ1n) is 10.9. The molecule has 1 amide bonds. The molecule has 0 atom stereocenters. The van der Waals surface area contributed by atoms with Gasteiger partial charge in [-0.2, -0.15) is 0 Å². The van der Waals surface area contributed by atoms with Crippen LogP contribution in [0.5, 0.6) is 17.2 Å². The number of rotatable bonds is 7. The molecule has 3 aromatic carbocycles. The summed E-state index contributed by atoms with van der Waals surface area (Å²) in [4.78, 5) is 14.5. The van der Waals surface area contributed by atoms with E-state index >= 15 is 0 Å². The molecule has 0 N–H and O–H groups in total. The molecule has 0 radical (unpaired) electrons. The fourth-order valence-corrected chi connectivity index (χ4v) is 3.92. The van der Waals surface area contributed by atoms with Gasteiger partial charge in [0.1, 0.15) is 17.2 Å². The van der Waals surface area contributed by atoms with Crippen molar-refractivity contribution in [1.82, 2.24) is 4.90 Å². The minimum absolute atomic E-state index is 0.0538. The van der Waals surface area contributed by atoms with Crippen molar-refractivity contribution in [3.05, 3.63) is 90.0 Å². The SMILES string of the molecule is Cc1ccc(Oc2ccc(OCC(=O)N3CCC(Cc4ccccc4)CC3)cc2)cc1. The van der Waals surface area contributed by atoms with Crippen molar-refractivity contribution in [2.75, 3.05) is 19.7 Å². The van der Waals surface area contributed by atoms with E-state index in [-0.39, 0.29) is 12.5 Å². The molecule has 0 bridgehead atoms. The monoisotopic (exact) mass is 415 g/mol. The van der Waals surface area contributed by atoms with Gasteiger partial charge in [-0.15, -0.1) is 0 Å². The van der Waals surface area contributed by atoms with Crippen LogP contribution < -0.4 is 9.47 Å². The van der Waals surface area contributed by atoms with Crippen LogP contribution >= 0.6 is 0 Å². The van der Waals surface area contributed by atoms with Crippen LogP contribution in [0.15, 0.2) is 78.9 Å². The molecule has 0 aliphatic carbocycles. The van der Waals surface area contributed by atoms with Crippen molar-refractivity contribution in [3.8, 4) is 17.2 Å². The van der Waals surface area contributed by atoms with Crippen molar-refractivity contribution in [2.45, 2.75) is 26.2 Å². The van der Waals surface area contributed by atoms with Crippen LogP contribution in [0.3, 0.4) is 0 Å². The Hall–Kier alpha value is -3.27. The molecular formula is C27H29NO3. The summed E-state index contributed by atoms with van der Waals surface area (Å²) in [5.41, 5.74) is 2.58. The Balaban J connectivity index is 1.20. The Morgan fingerprint density at radius 1 is 0.839 bits per heavy atom. The van der Waals surface area contributed by atoms with E-state index in [1.54, 1.807) is 0 Å². The van der Waals surface area contributed by atoms with E-state index in [2.05, 4.69) is 30.3 Å². The standard InChI is InChI=1S/C27H29NO3/c1-21-7-9-25(10-8-21)31-26-13-11-24(12-14-26)30-20-27(29)28-17-15-23(16-18-28)19-22-5-3-2-4-6-22/h2-14,23H,15-20H2,1H3. The largest absolute Gasteiger partial charge is 0.484 e. The number of likely N-dealkylation sites (tertiary alicyclic amines) is 1. The number of piperidine rings is 1. The fourth-order valence-electron chi connectivity index (χ4n) is 3.92. The molecule has 0 unspecified atom stereocenters. The number of hydrogen-bond donors (Lipinski definition) is 0. The lowest BCUT2D eigenvalue weighted by Crippen LogP contribution is -2.41. The molecule has 1 saturated heterocycles. The minimum atomic E-state index is 0.0538. The number of benzene rings is 3. The van der Waals surface area contributed by atoms with Crippen molar-refractivity contribution < 1.29 is 14.3 Å². The van der Waals surface area contributed by atoms with Crippen LogP contribution in [0.1, 0.15) is 24.0 Å². The Morgan fingerprint density at radius 2 is 1.42 bits per heavy atom. The highest BCUT2D eigenvalue weighted by atomic mass is 16.5. The molecule has 0 saturated carbocycles. The average Bonchev–Trinajstić information content (AvgIpc) is 2.81. The highest BCUT2D eigenvalue weighted by molar-refractivity contribution is 5.77. The van der Waals surface area contributed by atoms with E-state index in [1.165, 1.54) is 11.1 Å². The van der Waals surface area contributed by atoms with Gasteiger partial charge in [0.05, 0.1) is 0 Å². The minimum Gasteiger partial charge on any atom is -0.484 e. The van der Waals surface area contributed by atoms with Gasteiger partial charge >= 0.3 is 0 Å². The lowest BCUT2D eigenvalue weighted by molar-refractivity contribution is -0.134. The number of ether oxygens (including phenoxy) is 2. The van der Waals surface area contributed by atoms with E-state index in [4.69, 9.17) is 9.47 Å². The molecule has 160 valence electrons. The van der Waals surface area contributed by atoms with E-state index in [0.717, 1.165) is 43.9 Å². The predicted octanol–water partition coefficient (Wildman–Crippen LogP) is 5.65. The molecule has 1 fully saturated rings. The summed E-state index contributed by atoms with van der Waals surface area (Å²) in [5.74, 6) is 2.91. The van der Waals surface area contributed by atoms with E-state index < -0.39 is 0 Å². The summed E-state index contributed by atoms with van der Waals surface area (Å²) in [5, 5.41) is 0. The normalized spacial score (nSPS) is 14.3. The lowest BCUT2D eigenvalue weighted by atomic mass is 9.90. The number of carbonyl (C=O) groups excluding carboxylic acids is 1. The fraction of sp³-hybridized carbons (Fsp3) is 0.296. The number of amides is 1. The van der Waals surface area contributed by atoms with Crippen LogP contribution in [0, 0.1) is 12.8 Å². The Labute approximate surface area is 184 Å². The molecule has 31 heavy (non-hydrogen) atoms. The second-order valence-corrected chi connectivity index (χ2v) is 8.19. The van der Waals surface area contributed by atoms with Crippen molar-refractivity contribution in [1.29, 1.82) is 0 Å². The molecule has 4 heteroatoms. The Morgan fingerprint density at radius 3 is 2.06 bits per heavy atom. The molecule has 3 aromatic rings. The molecule has 4 nitrogen and oxygen atoms in total. The van der Waals surface area contributed by atoms with Gasteiger partial charge in [0.2, 0.25) is 0 Å². The number of aryl methyl sites for hydroxylation is 1. The zero-order valence-electron chi connectivity index (χ0n) is 18.0. The zero-order chi connectivity index (χ0) is 21.5. The lowest BCUT2D eigenvalue weighted by Gasteiger charge is -2.32.